The zero-order valence-corrected chi connectivity index (χ0v) is 21.3. The number of hydrogen-bond donors (Lipinski definition) is 4. The van der Waals surface area contributed by atoms with Gasteiger partial charge in [0.1, 0.15) is 5.84 Å². The number of amidine groups is 1. The fraction of sp³-hybridized carbons (Fsp3) is 0.500. The van der Waals surface area contributed by atoms with Crippen LogP contribution in [-0.4, -0.2) is 43.0 Å². The molecule has 4 N–H and O–H groups in total. The third kappa shape index (κ3) is 6.29. The lowest BCUT2D eigenvalue weighted by molar-refractivity contribution is -0.104. The number of nitrogens with zero attached hydrogens (tertiary/aromatic N) is 3. The van der Waals surface area contributed by atoms with Crippen LogP contribution in [0.3, 0.4) is 0 Å². The van der Waals surface area contributed by atoms with Crippen molar-refractivity contribution in [1.29, 1.82) is 0 Å². The molecule has 2 aliphatic rings. The fourth-order valence-electron chi connectivity index (χ4n) is 4.78. The maximum absolute atomic E-state index is 11.5. The SMILES string of the molecule is CNNC(CN/N=C\C(N[C@@H]1C[C@@H]2C=C[C@H]([C@H]1C)C2(C)C)=C(\Br)C=O)=NCc1ccncc1. The molecule has 0 aliphatic heterocycles. The number of hydrazone groups is 1. The topological polar surface area (TPSA) is 103 Å². The van der Waals surface area contributed by atoms with E-state index >= 15 is 0 Å². The van der Waals surface area contributed by atoms with Crippen molar-refractivity contribution in [2.24, 2.45) is 33.3 Å². The van der Waals surface area contributed by atoms with Gasteiger partial charge in [-0.2, -0.15) is 5.10 Å². The van der Waals surface area contributed by atoms with Crippen molar-refractivity contribution < 1.29 is 4.79 Å². The number of aliphatic imine (C=N–C) groups is 1. The Labute approximate surface area is 204 Å². The molecule has 0 amide bonds. The molecule has 2 aliphatic carbocycles. The summed E-state index contributed by atoms with van der Waals surface area (Å²) in [7, 11) is 1.78. The largest absolute Gasteiger partial charge is 0.380 e. The van der Waals surface area contributed by atoms with Crippen LogP contribution in [-0.2, 0) is 11.3 Å². The molecule has 9 heteroatoms. The number of carbonyl (C=O) groups excluding carboxylic acids is 1. The van der Waals surface area contributed by atoms with E-state index < -0.39 is 0 Å². The first kappa shape index (κ1) is 25.1. The van der Waals surface area contributed by atoms with Gasteiger partial charge in [-0.3, -0.25) is 14.8 Å². The molecular formula is C24H34BrN7O. The number of rotatable bonds is 10. The molecular weight excluding hydrogens is 482 g/mol. The first-order valence-electron chi connectivity index (χ1n) is 11.3. The van der Waals surface area contributed by atoms with Gasteiger partial charge in [-0.15, -0.1) is 0 Å². The van der Waals surface area contributed by atoms with Gasteiger partial charge in [-0.25, -0.2) is 5.43 Å². The molecule has 1 aromatic heterocycles. The van der Waals surface area contributed by atoms with Crippen molar-refractivity contribution >= 4 is 34.3 Å². The highest BCUT2D eigenvalue weighted by Gasteiger charge is 2.49. The van der Waals surface area contributed by atoms with E-state index in [-0.39, 0.29) is 11.5 Å². The molecule has 0 radical (unpaired) electrons. The number of halogens is 1. The number of hydrogen-bond acceptors (Lipinski definition) is 7. The Balaban J connectivity index is 1.60. The first-order chi connectivity index (χ1) is 15.9. The lowest BCUT2D eigenvalue weighted by Crippen LogP contribution is -2.48. The van der Waals surface area contributed by atoms with E-state index in [0.29, 0.717) is 46.9 Å². The Morgan fingerprint density at radius 1 is 1.30 bits per heavy atom. The monoisotopic (exact) mass is 515 g/mol. The van der Waals surface area contributed by atoms with Crippen LogP contribution in [0.15, 0.2) is 57.0 Å². The highest BCUT2D eigenvalue weighted by atomic mass is 79.9. The summed E-state index contributed by atoms with van der Waals surface area (Å²) in [6.45, 7) is 7.92. The molecule has 1 fully saturated rings. The molecule has 0 saturated heterocycles. The highest BCUT2D eigenvalue weighted by molar-refractivity contribution is 9.12. The maximum Gasteiger partial charge on any atom is 0.159 e. The van der Waals surface area contributed by atoms with Gasteiger partial charge in [0.2, 0.25) is 0 Å². The molecule has 3 rings (SSSR count). The summed E-state index contributed by atoms with van der Waals surface area (Å²) < 4.78 is 0.449. The summed E-state index contributed by atoms with van der Waals surface area (Å²) in [5.41, 5.74) is 10.9. The number of nitrogens with one attached hydrogen (secondary N) is 4. The quantitative estimate of drug-likeness (QED) is 0.0953. The number of hydrazine groups is 1. The van der Waals surface area contributed by atoms with Crippen molar-refractivity contribution in [3.63, 3.8) is 0 Å². The van der Waals surface area contributed by atoms with E-state index in [2.05, 4.69) is 85.5 Å². The van der Waals surface area contributed by atoms with Gasteiger partial charge >= 0.3 is 0 Å². The molecule has 1 heterocycles. The summed E-state index contributed by atoms with van der Waals surface area (Å²) in [5, 5.41) is 7.90. The molecule has 1 saturated carbocycles. The number of allylic oxidation sites excluding steroid dienone is 4. The van der Waals surface area contributed by atoms with E-state index in [1.54, 1.807) is 25.7 Å². The van der Waals surface area contributed by atoms with E-state index in [0.717, 1.165) is 18.3 Å². The van der Waals surface area contributed by atoms with Gasteiger partial charge in [0.05, 0.1) is 29.5 Å². The van der Waals surface area contributed by atoms with Crippen LogP contribution in [0.1, 0.15) is 32.8 Å². The van der Waals surface area contributed by atoms with Crippen molar-refractivity contribution in [3.8, 4) is 0 Å². The fourth-order valence-corrected chi connectivity index (χ4v) is 5.00. The van der Waals surface area contributed by atoms with Crippen LogP contribution in [0.5, 0.6) is 0 Å². The zero-order chi connectivity index (χ0) is 23.8. The molecule has 4 atom stereocenters. The lowest BCUT2D eigenvalue weighted by atomic mass is 9.61. The number of pyridine rings is 1. The van der Waals surface area contributed by atoms with Gasteiger partial charge in [-0.05, 0) is 63.2 Å². The summed E-state index contributed by atoms with van der Waals surface area (Å²) >= 11 is 3.38. The highest BCUT2D eigenvalue weighted by Crippen LogP contribution is 2.53. The smallest absolute Gasteiger partial charge is 0.159 e. The van der Waals surface area contributed by atoms with Crippen molar-refractivity contribution in [2.45, 2.75) is 39.8 Å². The van der Waals surface area contributed by atoms with Gasteiger partial charge in [-0.1, -0.05) is 32.9 Å². The normalized spacial score (nSPS) is 26.8. The lowest BCUT2D eigenvalue weighted by Gasteiger charge is -2.46. The van der Waals surface area contributed by atoms with Crippen molar-refractivity contribution in [1.82, 2.24) is 26.6 Å². The summed E-state index contributed by atoms with van der Waals surface area (Å²) in [5.74, 6) is 2.22. The first-order valence-corrected chi connectivity index (χ1v) is 12.1. The van der Waals surface area contributed by atoms with Crippen LogP contribution in [0.2, 0.25) is 0 Å². The Hall–Kier alpha value is -2.52. The minimum absolute atomic E-state index is 0.264. The third-order valence-corrected chi connectivity index (χ3v) is 7.39. The third-order valence-electron chi connectivity index (χ3n) is 6.78. The average Bonchev–Trinajstić information content (AvgIpc) is 2.99. The van der Waals surface area contributed by atoms with E-state index in [1.165, 1.54) is 0 Å². The minimum atomic E-state index is 0.264. The van der Waals surface area contributed by atoms with Crippen LogP contribution in [0.25, 0.3) is 0 Å². The van der Waals surface area contributed by atoms with Crippen molar-refractivity contribution in [3.05, 3.63) is 52.4 Å². The van der Waals surface area contributed by atoms with Crippen LogP contribution >= 0.6 is 15.9 Å². The molecule has 0 spiro atoms. The molecule has 8 nitrogen and oxygen atoms in total. The van der Waals surface area contributed by atoms with Gasteiger partial charge in [0.25, 0.3) is 0 Å². The second-order valence-corrected chi connectivity index (χ2v) is 10.0. The van der Waals surface area contributed by atoms with Gasteiger partial charge < -0.3 is 16.2 Å². The zero-order valence-electron chi connectivity index (χ0n) is 19.7. The Bertz CT molecular complexity index is 926. The molecule has 178 valence electrons. The second-order valence-electron chi connectivity index (χ2n) is 9.15. The molecule has 33 heavy (non-hydrogen) atoms. The number of carbonyl (C=O) groups is 1. The van der Waals surface area contributed by atoms with E-state index in [9.17, 15) is 4.79 Å². The van der Waals surface area contributed by atoms with Gasteiger partial charge in [0, 0.05) is 25.5 Å². The minimum Gasteiger partial charge on any atom is -0.380 e. The Kier molecular flexibility index (Phi) is 8.80. The predicted octanol–water partition coefficient (Wildman–Crippen LogP) is 2.91. The van der Waals surface area contributed by atoms with Gasteiger partial charge in [0.15, 0.2) is 6.29 Å². The van der Waals surface area contributed by atoms with Crippen LogP contribution < -0.4 is 21.6 Å². The summed E-state index contributed by atoms with van der Waals surface area (Å²) in [6, 6.07) is 4.13. The van der Waals surface area contributed by atoms with E-state index in [4.69, 9.17) is 0 Å². The average molecular weight is 516 g/mol. The Morgan fingerprint density at radius 3 is 2.76 bits per heavy atom. The molecule has 2 bridgehead atoms. The summed E-state index contributed by atoms with van der Waals surface area (Å²) in [6.07, 6.45) is 11.7. The maximum atomic E-state index is 11.5. The number of aldehydes is 1. The van der Waals surface area contributed by atoms with Crippen LogP contribution in [0, 0.1) is 23.2 Å². The van der Waals surface area contributed by atoms with Crippen molar-refractivity contribution in [2.75, 3.05) is 13.6 Å². The standard InChI is InChI=1S/C24H34BrN7O/c1-16-19-6-5-18(24(19,2)3)11-21(16)31-22(20(25)15-33)13-29-30-14-23(32-26-4)28-12-17-7-9-27-10-8-17/h5-10,13,15-16,18-19,21,26,30-31H,11-12,14H2,1-4H3,(H,28,32)/b22-20-,29-13-/t16-,18+,19-,21-/m1/s1. The summed E-state index contributed by atoms with van der Waals surface area (Å²) in [4.78, 5) is 20.1. The number of aromatic nitrogens is 1. The predicted molar refractivity (Wildman–Crippen MR) is 137 cm³/mol. The van der Waals surface area contributed by atoms with Crippen LogP contribution in [0.4, 0.5) is 0 Å². The van der Waals surface area contributed by atoms with E-state index in [1.807, 2.05) is 12.1 Å². The second kappa shape index (κ2) is 11.6. The molecule has 0 unspecified atom stereocenters. The molecule has 1 aromatic rings. The number of fused-ring (bicyclic) bond motifs is 2. The Morgan fingerprint density at radius 2 is 2.06 bits per heavy atom. The molecule has 0 aromatic carbocycles.